The van der Waals surface area contributed by atoms with Crippen LogP contribution in [0.25, 0.3) is 0 Å². The Morgan fingerprint density at radius 1 is 1.00 bits per heavy atom. The maximum absolute atomic E-state index is 12.3. The van der Waals surface area contributed by atoms with Crippen molar-refractivity contribution in [3.63, 3.8) is 0 Å². The largest absolute Gasteiger partial charge is 0.497 e. The lowest BCUT2D eigenvalue weighted by Crippen LogP contribution is -2.13. The van der Waals surface area contributed by atoms with Gasteiger partial charge in [-0.2, -0.15) is 0 Å². The fourth-order valence-electron chi connectivity index (χ4n) is 1.82. The Labute approximate surface area is 119 Å². The summed E-state index contributed by atoms with van der Waals surface area (Å²) < 4.78 is 32.3. The third kappa shape index (κ3) is 2.93. The molecule has 0 saturated carbocycles. The first-order valence-electron chi connectivity index (χ1n) is 6.17. The van der Waals surface area contributed by atoms with Gasteiger partial charge in [-0.3, -0.25) is 4.72 Å². The van der Waals surface area contributed by atoms with Crippen LogP contribution in [0.5, 0.6) is 5.75 Å². The highest BCUT2D eigenvalue weighted by Crippen LogP contribution is 2.23. The van der Waals surface area contributed by atoms with Crippen LogP contribution in [0.4, 0.5) is 5.69 Å². The van der Waals surface area contributed by atoms with Crippen LogP contribution in [0.3, 0.4) is 0 Å². The molecule has 0 aromatic heterocycles. The fraction of sp³-hybridized carbons (Fsp3) is 0.200. The van der Waals surface area contributed by atoms with Crippen LogP contribution in [0.1, 0.15) is 11.1 Å². The van der Waals surface area contributed by atoms with E-state index in [0.717, 1.165) is 11.1 Å². The van der Waals surface area contributed by atoms with Gasteiger partial charge in [0.05, 0.1) is 17.7 Å². The Bertz CT molecular complexity index is 706. The minimum atomic E-state index is -3.58. The summed E-state index contributed by atoms with van der Waals surface area (Å²) in [6.07, 6.45) is 0. The molecule has 0 aliphatic carbocycles. The summed E-state index contributed by atoms with van der Waals surface area (Å²) >= 11 is 0. The first-order chi connectivity index (χ1) is 9.44. The molecule has 106 valence electrons. The highest BCUT2D eigenvalue weighted by Gasteiger charge is 2.15. The Kier molecular flexibility index (Phi) is 3.99. The summed E-state index contributed by atoms with van der Waals surface area (Å²) in [5.41, 5.74) is 2.56. The first-order valence-corrected chi connectivity index (χ1v) is 7.65. The maximum atomic E-state index is 12.3. The molecule has 0 atom stereocenters. The molecule has 2 aromatic rings. The van der Waals surface area contributed by atoms with E-state index >= 15 is 0 Å². The van der Waals surface area contributed by atoms with Crippen molar-refractivity contribution in [2.75, 3.05) is 11.8 Å². The minimum absolute atomic E-state index is 0.208. The number of rotatable bonds is 4. The Hall–Kier alpha value is -2.01. The molecule has 0 aliphatic heterocycles. The van der Waals surface area contributed by atoms with Gasteiger partial charge >= 0.3 is 0 Å². The third-order valence-corrected chi connectivity index (χ3v) is 4.60. The van der Waals surface area contributed by atoms with Gasteiger partial charge in [0, 0.05) is 0 Å². The lowest BCUT2D eigenvalue weighted by atomic mass is 10.1. The Morgan fingerprint density at radius 3 is 2.25 bits per heavy atom. The first kappa shape index (κ1) is 14.4. The number of hydrogen-bond acceptors (Lipinski definition) is 3. The molecule has 0 aliphatic rings. The van der Waals surface area contributed by atoms with Crippen molar-refractivity contribution in [2.24, 2.45) is 0 Å². The van der Waals surface area contributed by atoms with Gasteiger partial charge in [0.1, 0.15) is 5.75 Å². The highest BCUT2D eigenvalue weighted by molar-refractivity contribution is 7.92. The van der Waals surface area contributed by atoms with Gasteiger partial charge in [0.15, 0.2) is 0 Å². The summed E-state index contributed by atoms with van der Waals surface area (Å²) in [6, 6.07) is 11.8. The highest BCUT2D eigenvalue weighted by atomic mass is 32.2. The van der Waals surface area contributed by atoms with Crippen molar-refractivity contribution >= 4 is 15.7 Å². The van der Waals surface area contributed by atoms with Gasteiger partial charge in [0.2, 0.25) is 0 Å². The van der Waals surface area contributed by atoms with Crippen molar-refractivity contribution in [1.82, 2.24) is 0 Å². The standard InChI is InChI=1S/C15H17NO3S/c1-11-5-4-6-15(12(11)2)16-20(17,18)14-9-7-13(19-3)8-10-14/h4-10,16H,1-3H3. The monoisotopic (exact) mass is 291 g/mol. The minimum Gasteiger partial charge on any atom is -0.497 e. The molecule has 20 heavy (non-hydrogen) atoms. The average Bonchev–Trinajstić information content (AvgIpc) is 2.44. The molecule has 0 unspecified atom stereocenters. The van der Waals surface area contributed by atoms with Crippen molar-refractivity contribution in [2.45, 2.75) is 18.7 Å². The van der Waals surface area contributed by atoms with Crippen LogP contribution in [0.2, 0.25) is 0 Å². The SMILES string of the molecule is COc1ccc(S(=O)(=O)Nc2cccc(C)c2C)cc1. The molecule has 0 saturated heterocycles. The van der Waals surface area contributed by atoms with E-state index in [-0.39, 0.29) is 4.90 Å². The molecule has 0 spiro atoms. The molecule has 0 fully saturated rings. The number of benzene rings is 2. The van der Waals surface area contributed by atoms with E-state index < -0.39 is 10.0 Å². The number of aryl methyl sites for hydroxylation is 1. The maximum Gasteiger partial charge on any atom is 0.261 e. The molecule has 2 aromatic carbocycles. The number of ether oxygens (including phenoxy) is 1. The molecule has 0 radical (unpaired) electrons. The van der Waals surface area contributed by atoms with Gasteiger partial charge in [0.25, 0.3) is 10.0 Å². The molecule has 0 heterocycles. The van der Waals surface area contributed by atoms with Crippen LogP contribution in [0.15, 0.2) is 47.4 Å². The zero-order chi connectivity index (χ0) is 14.8. The number of sulfonamides is 1. The molecule has 1 N–H and O–H groups in total. The quantitative estimate of drug-likeness (QED) is 0.941. The summed E-state index contributed by atoms with van der Waals surface area (Å²) in [5, 5.41) is 0. The van der Waals surface area contributed by atoms with E-state index in [0.29, 0.717) is 11.4 Å². The normalized spacial score (nSPS) is 11.2. The molecular formula is C15H17NO3S. The van der Waals surface area contributed by atoms with Gasteiger partial charge in [-0.25, -0.2) is 8.42 Å². The zero-order valence-electron chi connectivity index (χ0n) is 11.7. The van der Waals surface area contributed by atoms with Crippen LogP contribution < -0.4 is 9.46 Å². The second-order valence-corrected chi connectivity index (χ2v) is 6.21. The topological polar surface area (TPSA) is 55.4 Å². The lowest BCUT2D eigenvalue weighted by Gasteiger charge is -2.12. The van der Waals surface area contributed by atoms with E-state index in [1.54, 1.807) is 18.2 Å². The molecule has 4 nitrogen and oxygen atoms in total. The number of methoxy groups -OCH3 is 1. The summed E-state index contributed by atoms with van der Waals surface area (Å²) in [5.74, 6) is 0.621. The van der Waals surface area contributed by atoms with E-state index in [2.05, 4.69) is 4.72 Å². The van der Waals surface area contributed by atoms with Crippen LogP contribution in [0, 0.1) is 13.8 Å². The van der Waals surface area contributed by atoms with Gasteiger partial charge in [-0.15, -0.1) is 0 Å². The van der Waals surface area contributed by atoms with Crippen molar-refractivity contribution in [3.05, 3.63) is 53.6 Å². The molecule has 5 heteroatoms. The van der Waals surface area contributed by atoms with E-state index in [9.17, 15) is 8.42 Å². The number of hydrogen-bond donors (Lipinski definition) is 1. The van der Waals surface area contributed by atoms with Crippen LogP contribution >= 0.6 is 0 Å². The molecule has 0 amide bonds. The lowest BCUT2D eigenvalue weighted by molar-refractivity contribution is 0.414. The predicted molar refractivity (Wildman–Crippen MR) is 79.7 cm³/mol. The second kappa shape index (κ2) is 5.54. The van der Waals surface area contributed by atoms with Gasteiger partial charge < -0.3 is 4.74 Å². The zero-order valence-corrected chi connectivity index (χ0v) is 12.5. The molecule has 2 rings (SSSR count). The van der Waals surface area contributed by atoms with Crippen LogP contribution in [-0.4, -0.2) is 15.5 Å². The van der Waals surface area contributed by atoms with Crippen LogP contribution in [-0.2, 0) is 10.0 Å². The smallest absolute Gasteiger partial charge is 0.261 e. The van der Waals surface area contributed by atoms with E-state index in [4.69, 9.17) is 4.74 Å². The van der Waals surface area contributed by atoms with Crippen molar-refractivity contribution < 1.29 is 13.2 Å². The predicted octanol–water partition coefficient (Wildman–Crippen LogP) is 3.11. The Morgan fingerprint density at radius 2 is 1.65 bits per heavy atom. The second-order valence-electron chi connectivity index (χ2n) is 4.53. The number of nitrogens with one attached hydrogen (secondary N) is 1. The molecule has 0 bridgehead atoms. The average molecular weight is 291 g/mol. The fourth-order valence-corrected chi connectivity index (χ4v) is 2.94. The van der Waals surface area contributed by atoms with Gasteiger partial charge in [-0.1, -0.05) is 12.1 Å². The Balaban J connectivity index is 2.33. The summed E-state index contributed by atoms with van der Waals surface area (Å²) in [6.45, 7) is 3.84. The summed E-state index contributed by atoms with van der Waals surface area (Å²) in [7, 11) is -2.04. The van der Waals surface area contributed by atoms with Gasteiger partial charge in [-0.05, 0) is 55.3 Å². The van der Waals surface area contributed by atoms with Crippen molar-refractivity contribution in [1.29, 1.82) is 0 Å². The number of anilines is 1. The van der Waals surface area contributed by atoms with Crippen molar-refractivity contribution in [3.8, 4) is 5.75 Å². The van der Waals surface area contributed by atoms with E-state index in [1.165, 1.54) is 19.2 Å². The molecular weight excluding hydrogens is 274 g/mol. The third-order valence-electron chi connectivity index (χ3n) is 3.22. The van der Waals surface area contributed by atoms with E-state index in [1.807, 2.05) is 26.0 Å². The summed E-state index contributed by atoms with van der Waals surface area (Å²) in [4.78, 5) is 0.208.